The number of benzene rings is 1. The Morgan fingerprint density at radius 3 is 2.56 bits per heavy atom. The molecular formula is C14H17N3O. The van der Waals surface area contributed by atoms with Gasteiger partial charge < -0.3 is 15.6 Å². The zero-order chi connectivity index (χ0) is 13.0. The number of hydrogen-bond acceptors (Lipinski definition) is 2. The molecule has 4 nitrogen and oxygen atoms in total. The Morgan fingerprint density at radius 1 is 1.28 bits per heavy atom. The summed E-state index contributed by atoms with van der Waals surface area (Å²) >= 11 is 0. The van der Waals surface area contributed by atoms with E-state index in [0.29, 0.717) is 5.56 Å². The van der Waals surface area contributed by atoms with Gasteiger partial charge in [0, 0.05) is 36.7 Å². The second-order valence-corrected chi connectivity index (χ2v) is 4.15. The molecule has 0 unspecified atom stereocenters. The summed E-state index contributed by atoms with van der Waals surface area (Å²) in [5.74, 6) is -0.401. The molecule has 0 saturated carbocycles. The molecule has 0 bridgehead atoms. The highest BCUT2D eigenvalue weighted by Crippen LogP contribution is 2.11. The van der Waals surface area contributed by atoms with Crippen molar-refractivity contribution in [1.82, 2.24) is 4.57 Å². The van der Waals surface area contributed by atoms with E-state index in [2.05, 4.69) is 35.3 Å². The van der Waals surface area contributed by atoms with Gasteiger partial charge in [-0.1, -0.05) is 0 Å². The molecule has 1 heterocycles. The van der Waals surface area contributed by atoms with Crippen LogP contribution in [0.2, 0.25) is 0 Å². The van der Waals surface area contributed by atoms with E-state index in [-0.39, 0.29) is 0 Å². The number of amides is 1. The molecule has 3 N–H and O–H groups in total. The Hall–Kier alpha value is -2.23. The lowest BCUT2D eigenvalue weighted by Crippen LogP contribution is -2.10. The number of aryl methyl sites for hydroxylation is 1. The number of nitrogens with zero attached hydrogens (tertiary/aromatic N) is 1. The molecule has 0 spiro atoms. The fourth-order valence-corrected chi connectivity index (χ4v) is 1.75. The molecule has 94 valence electrons. The molecule has 0 aliphatic rings. The lowest BCUT2D eigenvalue weighted by atomic mass is 10.2. The summed E-state index contributed by atoms with van der Waals surface area (Å²) in [7, 11) is 0. The van der Waals surface area contributed by atoms with Crippen molar-refractivity contribution >= 4 is 11.6 Å². The quantitative estimate of drug-likeness (QED) is 0.846. The summed E-state index contributed by atoms with van der Waals surface area (Å²) in [5.41, 5.74) is 7.92. The predicted molar refractivity (Wildman–Crippen MR) is 72.4 cm³/mol. The molecule has 0 atom stereocenters. The Balaban J connectivity index is 1.95. The number of nitrogens with one attached hydrogen (secondary N) is 1. The minimum atomic E-state index is -0.401. The van der Waals surface area contributed by atoms with E-state index in [1.807, 2.05) is 12.1 Å². The minimum Gasteiger partial charge on any atom is -0.381 e. The number of carbonyl (C=O) groups is 1. The van der Waals surface area contributed by atoms with Crippen molar-refractivity contribution in [2.75, 3.05) is 5.32 Å². The first-order valence-corrected chi connectivity index (χ1v) is 5.97. The number of hydrogen-bond donors (Lipinski definition) is 2. The van der Waals surface area contributed by atoms with E-state index in [0.717, 1.165) is 18.8 Å². The molecule has 0 aliphatic carbocycles. The third-order valence-corrected chi connectivity index (χ3v) is 2.84. The van der Waals surface area contributed by atoms with Gasteiger partial charge in [-0.25, -0.2) is 0 Å². The van der Waals surface area contributed by atoms with E-state index in [9.17, 15) is 4.79 Å². The van der Waals surface area contributed by atoms with Gasteiger partial charge in [0.25, 0.3) is 0 Å². The van der Waals surface area contributed by atoms with Crippen LogP contribution < -0.4 is 11.1 Å². The van der Waals surface area contributed by atoms with Gasteiger partial charge in [0.1, 0.15) is 0 Å². The van der Waals surface area contributed by atoms with E-state index < -0.39 is 5.91 Å². The summed E-state index contributed by atoms with van der Waals surface area (Å²) in [6.45, 7) is 3.86. The molecule has 0 fully saturated rings. The molecule has 2 aromatic rings. The highest BCUT2D eigenvalue weighted by molar-refractivity contribution is 5.93. The number of primary amides is 1. The van der Waals surface area contributed by atoms with Crippen LogP contribution in [-0.2, 0) is 13.1 Å². The van der Waals surface area contributed by atoms with E-state index in [4.69, 9.17) is 5.73 Å². The van der Waals surface area contributed by atoms with Crippen molar-refractivity contribution in [3.8, 4) is 0 Å². The zero-order valence-corrected chi connectivity index (χ0v) is 10.4. The maximum atomic E-state index is 10.9. The highest BCUT2D eigenvalue weighted by Gasteiger charge is 2.00. The lowest BCUT2D eigenvalue weighted by molar-refractivity contribution is 0.100. The number of anilines is 1. The minimum absolute atomic E-state index is 0.401. The van der Waals surface area contributed by atoms with Crippen LogP contribution in [-0.4, -0.2) is 10.5 Å². The van der Waals surface area contributed by atoms with Crippen LogP contribution in [0.5, 0.6) is 0 Å². The Morgan fingerprint density at radius 2 is 2.00 bits per heavy atom. The first-order chi connectivity index (χ1) is 8.69. The molecule has 2 rings (SSSR count). The van der Waals surface area contributed by atoms with Crippen LogP contribution in [0.3, 0.4) is 0 Å². The number of aromatic nitrogens is 1. The third kappa shape index (κ3) is 2.91. The summed E-state index contributed by atoms with van der Waals surface area (Å²) in [5, 5.41) is 3.30. The van der Waals surface area contributed by atoms with Crippen molar-refractivity contribution in [1.29, 1.82) is 0 Å². The third-order valence-electron chi connectivity index (χ3n) is 2.84. The van der Waals surface area contributed by atoms with Crippen molar-refractivity contribution in [2.45, 2.75) is 20.0 Å². The molecule has 0 aliphatic heterocycles. The fraction of sp³-hybridized carbons (Fsp3) is 0.214. The first kappa shape index (κ1) is 12.2. The van der Waals surface area contributed by atoms with Crippen molar-refractivity contribution in [3.05, 3.63) is 53.9 Å². The van der Waals surface area contributed by atoms with Gasteiger partial charge >= 0.3 is 0 Å². The lowest BCUT2D eigenvalue weighted by Gasteiger charge is -2.05. The van der Waals surface area contributed by atoms with Crippen molar-refractivity contribution < 1.29 is 4.79 Å². The van der Waals surface area contributed by atoms with Crippen molar-refractivity contribution in [2.24, 2.45) is 5.73 Å². The number of rotatable bonds is 5. The average molecular weight is 243 g/mol. The smallest absolute Gasteiger partial charge is 0.248 e. The van der Waals surface area contributed by atoms with Crippen LogP contribution in [0, 0.1) is 0 Å². The fourth-order valence-electron chi connectivity index (χ4n) is 1.75. The van der Waals surface area contributed by atoms with Crippen LogP contribution in [0.15, 0.2) is 42.7 Å². The van der Waals surface area contributed by atoms with Crippen LogP contribution >= 0.6 is 0 Å². The van der Waals surface area contributed by atoms with Crippen LogP contribution in [0.25, 0.3) is 0 Å². The molecule has 1 aromatic heterocycles. The van der Waals surface area contributed by atoms with Crippen molar-refractivity contribution in [3.63, 3.8) is 0 Å². The predicted octanol–water partition coefficient (Wildman–Crippen LogP) is 2.22. The summed E-state index contributed by atoms with van der Waals surface area (Å²) in [6, 6.07) is 9.26. The second-order valence-electron chi connectivity index (χ2n) is 4.15. The molecule has 1 amide bonds. The SMILES string of the molecule is CCn1ccc(CNc2ccc(C(N)=O)cc2)c1. The van der Waals surface area contributed by atoms with Gasteiger partial charge in [-0.15, -0.1) is 0 Å². The summed E-state index contributed by atoms with van der Waals surface area (Å²) in [4.78, 5) is 10.9. The average Bonchev–Trinajstić information content (AvgIpc) is 2.85. The Bertz CT molecular complexity index is 528. The molecular weight excluding hydrogens is 226 g/mol. The Labute approximate surface area is 106 Å². The molecule has 4 heteroatoms. The standard InChI is InChI=1S/C14H17N3O/c1-2-17-8-7-11(10-17)9-16-13-5-3-12(4-6-13)14(15)18/h3-8,10,16H,2,9H2,1H3,(H2,15,18). The van der Waals surface area contributed by atoms with E-state index in [1.165, 1.54) is 5.56 Å². The van der Waals surface area contributed by atoms with Gasteiger partial charge in [-0.2, -0.15) is 0 Å². The maximum Gasteiger partial charge on any atom is 0.248 e. The van der Waals surface area contributed by atoms with Gasteiger partial charge in [0.05, 0.1) is 0 Å². The van der Waals surface area contributed by atoms with E-state index in [1.54, 1.807) is 12.1 Å². The molecule has 0 radical (unpaired) electrons. The largest absolute Gasteiger partial charge is 0.381 e. The zero-order valence-electron chi connectivity index (χ0n) is 10.4. The molecule has 18 heavy (non-hydrogen) atoms. The monoisotopic (exact) mass is 243 g/mol. The topological polar surface area (TPSA) is 60.1 Å². The Kier molecular flexibility index (Phi) is 3.67. The maximum absolute atomic E-state index is 10.9. The van der Waals surface area contributed by atoms with Gasteiger partial charge in [0.2, 0.25) is 5.91 Å². The van der Waals surface area contributed by atoms with Gasteiger partial charge in [-0.05, 0) is 42.8 Å². The number of carbonyl (C=O) groups excluding carboxylic acids is 1. The van der Waals surface area contributed by atoms with Gasteiger partial charge in [-0.3, -0.25) is 4.79 Å². The van der Waals surface area contributed by atoms with Gasteiger partial charge in [0.15, 0.2) is 0 Å². The van der Waals surface area contributed by atoms with E-state index >= 15 is 0 Å². The second kappa shape index (κ2) is 5.40. The summed E-state index contributed by atoms with van der Waals surface area (Å²) in [6.07, 6.45) is 4.18. The molecule has 0 saturated heterocycles. The molecule has 1 aromatic carbocycles. The first-order valence-electron chi connectivity index (χ1n) is 5.97. The number of nitrogens with two attached hydrogens (primary N) is 1. The van der Waals surface area contributed by atoms with Crippen LogP contribution in [0.1, 0.15) is 22.8 Å². The normalized spacial score (nSPS) is 10.3. The highest BCUT2D eigenvalue weighted by atomic mass is 16.1. The summed E-state index contributed by atoms with van der Waals surface area (Å²) < 4.78 is 2.13. The van der Waals surface area contributed by atoms with Crippen LogP contribution in [0.4, 0.5) is 5.69 Å².